The lowest BCUT2D eigenvalue weighted by Gasteiger charge is -2.36. The zero-order valence-electron chi connectivity index (χ0n) is 23.2. The zero-order valence-corrected chi connectivity index (χ0v) is 24.0. The predicted octanol–water partition coefficient (Wildman–Crippen LogP) is 4.64. The third-order valence-corrected chi connectivity index (χ3v) is 8.20. The van der Waals surface area contributed by atoms with Crippen LogP contribution < -0.4 is 24.7 Å². The highest BCUT2D eigenvalue weighted by atomic mass is 32.2. The Labute approximate surface area is 237 Å². The van der Waals surface area contributed by atoms with Crippen LogP contribution in [-0.2, 0) is 12.8 Å². The van der Waals surface area contributed by atoms with Gasteiger partial charge in [0.25, 0.3) is 0 Å². The van der Waals surface area contributed by atoms with Crippen LogP contribution >= 0.6 is 11.9 Å². The summed E-state index contributed by atoms with van der Waals surface area (Å²) in [7, 11) is 3.21. The first-order chi connectivity index (χ1) is 19.2. The molecule has 0 bridgehead atoms. The minimum atomic E-state index is -0.790. The molecule has 0 N–H and O–H groups in total. The van der Waals surface area contributed by atoms with Crippen LogP contribution in [0.25, 0.3) is 5.69 Å². The fourth-order valence-electron chi connectivity index (χ4n) is 5.26. The first kappa shape index (κ1) is 28.2. The Hall–Kier alpha value is -3.31. The van der Waals surface area contributed by atoms with Crippen molar-refractivity contribution in [2.45, 2.75) is 44.5 Å². The van der Waals surface area contributed by atoms with Gasteiger partial charge in [0.2, 0.25) is 5.75 Å². The van der Waals surface area contributed by atoms with Crippen LogP contribution in [0.3, 0.4) is 0 Å². The summed E-state index contributed by atoms with van der Waals surface area (Å²) in [6, 6.07) is 6.87. The molecule has 0 amide bonds. The Kier molecular flexibility index (Phi) is 8.51. The van der Waals surface area contributed by atoms with Crippen LogP contribution in [0, 0.1) is 11.6 Å². The fourth-order valence-corrected chi connectivity index (χ4v) is 6.23. The number of piperazine rings is 1. The van der Waals surface area contributed by atoms with Gasteiger partial charge in [-0.15, -0.1) is 0 Å². The standard InChI is InChI=1S/C29H34F2N4O4S/c1-18(2)40-34-9-7-33(8-10-34)25-17-32-35(23-15-21(30)14-22(31)16-23)29(36)28(25)39-24-6-5-19-12-26(37-3)27(38-4)13-20(19)11-24/h12-18,24H,5-11H2,1-4H3. The smallest absolute Gasteiger partial charge is 0.316 e. The molecule has 0 spiro atoms. The molecule has 5 rings (SSSR count). The van der Waals surface area contributed by atoms with E-state index in [1.54, 1.807) is 20.4 Å². The van der Waals surface area contributed by atoms with Crippen LogP contribution in [0.5, 0.6) is 17.2 Å². The Balaban J connectivity index is 1.48. The molecule has 1 atom stereocenters. The van der Waals surface area contributed by atoms with E-state index in [4.69, 9.17) is 14.2 Å². The molecule has 40 heavy (non-hydrogen) atoms. The van der Waals surface area contributed by atoms with Crippen molar-refractivity contribution >= 4 is 17.6 Å². The van der Waals surface area contributed by atoms with Crippen molar-refractivity contribution in [3.63, 3.8) is 0 Å². The number of fused-ring (bicyclic) bond motifs is 1. The molecule has 1 aromatic heterocycles. The highest BCUT2D eigenvalue weighted by Crippen LogP contribution is 2.36. The van der Waals surface area contributed by atoms with E-state index >= 15 is 0 Å². The van der Waals surface area contributed by atoms with E-state index in [0.29, 0.717) is 48.4 Å². The minimum Gasteiger partial charge on any atom is -0.493 e. The molecule has 2 aliphatic rings. The molecule has 1 aliphatic heterocycles. The zero-order chi connectivity index (χ0) is 28.4. The van der Waals surface area contributed by atoms with E-state index in [9.17, 15) is 13.6 Å². The van der Waals surface area contributed by atoms with E-state index in [1.165, 1.54) is 0 Å². The lowest BCUT2D eigenvalue weighted by Crippen LogP contribution is -2.45. The molecule has 1 unspecified atom stereocenters. The van der Waals surface area contributed by atoms with E-state index in [1.807, 2.05) is 24.1 Å². The van der Waals surface area contributed by atoms with E-state index in [2.05, 4.69) is 28.2 Å². The molecule has 2 heterocycles. The number of anilines is 1. The average molecular weight is 573 g/mol. The molecule has 1 fully saturated rings. The number of halogens is 2. The molecular formula is C29H34F2N4O4S. The van der Waals surface area contributed by atoms with E-state index in [0.717, 1.165) is 53.5 Å². The maximum atomic E-state index is 14.0. The van der Waals surface area contributed by atoms with Crippen LogP contribution in [0.1, 0.15) is 31.4 Å². The number of benzene rings is 2. The summed E-state index contributed by atoms with van der Waals surface area (Å²) in [5.41, 5.74) is 2.25. The molecular weight excluding hydrogens is 538 g/mol. The van der Waals surface area contributed by atoms with Gasteiger partial charge in [-0.1, -0.05) is 25.8 Å². The van der Waals surface area contributed by atoms with Gasteiger partial charge in [-0.05, 0) is 48.2 Å². The molecule has 214 valence electrons. The highest BCUT2D eigenvalue weighted by Gasteiger charge is 2.28. The number of hydrogen-bond donors (Lipinski definition) is 0. The highest BCUT2D eigenvalue weighted by molar-refractivity contribution is 7.97. The topological polar surface area (TPSA) is 69.1 Å². The van der Waals surface area contributed by atoms with Gasteiger partial charge >= 0.3 is 5.56 Å². The van der Waals surface area contributed by atoms with Gasteiger partial charge in [0.15, 0.2) is 11.5 Å². The summed E-state index contributed by atoms with van der Waals surface area (Å²) >= 11 is 1.81. The maximum absolute atomic E-state index is 14.0. The summed E-state index contributed by atoms with van der Waals surface area (Å²) in [4.78, 5) is 15.9. The average Bonchev–Trinajstić information content (AvgIpc) is 2.93. The SMILES string of the molecule is COc1cc2c(cc1OC)CC(Oc1c(N3CCN(SC(C)C)CC3)cnn(-c3cc(F)cc(F)c3)c1=O)CC2. The maximum Gasteiger partial charge on any atom is 0.316 e. The number of hydrogen-bond acceptors (Lipinski definition) is 8. The molecule has 1 saturated heterocycles. The first-order valence-electron chi connectivity index (χ1n) is 13.4. The van der Waals surface area contributed by atoms with Crippen molar-refractivity contribution in [3.05, 3.63) is 69.6 Å². The second kappa shape index (κ2) is 12.1. The summed E-state index contributed by atoms with van der Waals surface area (Å²) in [6.07, 6.45) is 3.29. The second-order valence-corrected chi connectivity index (χ2v) is 11.9. The molecule has 0 radical (unpaired) electrons. The molecule has 8 nitrogen and oxygen atoms in total. The predicted molar refractivity (Wildman–Crippen MR) is 152 cm³/mol. The Bertz CT molecular complexity index is 1410. The number of nitrogens with zero attached hydrogens (tertiary/aromatic N) is 4. The Morgan fingerprint density at radius 3 is 2.23 bits per heavy atom. The van der Waals surface area contributed by atoms with E-state index < -0.39 is 17.2 Å². The van der Waals surface area contributed by atoms with Crippen molar-refractivity contribution in [2.75, 3.05) is 45.3 Å². The van der Waals surface area contributed by atoms with Crippen LogP contribution in [0.15, 0.2) is 41.3 Å². The lowest BCUT2D eigenvalue weighted by molar-refractivity contribution is 0.181. The first-order valence-corrected chi connectivity index (χ1v) is 14.2. The van der Waals surface area contributed by atoms with Gasteiger partial charge in [-0.25, -0.2) is 13.1 Å². The van der Waals surface area contributed by atoms with Crippen LogP contribution in [0.4, 0.5) is 14.5 Å². The van der Waals surface area contributed by atoms with Gasteiger partial charge in [-0.2, -0.15) is 9.78 Å². The van der Waals surface area contributed by atoms with Crippen LogP contribution in [0.2, 0.25) is 0 Å². The number of aromatic nitrogens is 2. The summed E-state index contributed by atoms with van der Waals surface area (Å²) in [5.74, 6) is -0.126. The normalized spacial score (nSPS) is 17.6. The van der Waals surface area contributed by atoms with Gasteiger partial charge in [0.1, 0.15) is 23.4 Å². The fraction of sp³-hybridized carbons (Fsp3) is 0.448. The van der Waals surface area contributed by atoms with Crippen molar-refractivity contribution < 1.29 is 23.0 Å². The van der Waals surface area contributed by atoms with Crippen molar-refractivity contribution in [1.29, 1.82) is 0 Å². The molecule has 11 heteroatoms. The summed E-state index contributed by atoms with van der Waals surface area (Å²) in [6.45, 7) is 7.35. The van der Waals surface area contributed by atoms with Crippen LogP contribution in [-0.4, -0.2) is 65.8 Å². The molecule has 0 saturated carbocycles. The third kappa shape index (κ3) is 6.05. The number of ether oxygens (including phenoxy) is 3. The number of methoxy groups -OCH3 is 2. The Morgan fingerprint density at radius 2 is 1.60 bits per heavy atom. The summed E-state index contributed by atoms with van der Waals surface area (Å²) in [5, 5.41) is 4.79. The van der Waals surface area contributed by atoms with Gasteiger partial charge in [-0.3, -0.25) is 4.79 Å². The Morgan fingerprint density at radius 1 is 0.950 bits per heavy atom. The molecule has 1 aliphatic carbocycles. The number of rotatable bonds is 8. The van der Waals surface area contributed by atoms with Crippen molar-refractivity contribution in [2.24, 2.45) is 0 Å². The summed E-state index contributed by atoms with van der Waals surface area (Å²) < 4.78 is 48.8. The lowest BCUT2D eigenvalue weighted by atomic mass is 9.89. The van der Waals surface area contributed by atoms with Crippen molar-refractivity contribution in [3.8, 4) is 22.9 Å². The second-order valence-electron chi connectivity index (χ2n) is 10.2. The van der Waals surface area contributed by atoms with Gasteiger partial charge in [0, 0.05) is 43.9 Å². The van der Waals surface area contributed by atoms with Gasteiger partial charge < -0.3 is 19.1 Å². The molecule has 2 aromatic carbocycles. The van der Waals surface area contributed by atoms with Gasteiger partial charge in [0.05, 0.1) is 26.1 Å². The molecule has 3 aromatic rings. The number of aryl methyl sites for hydroxylation is 1. The quantitative estimate of drug-likeness (QED) is 0.362. The van der Waals surface area contributed by atoms with E-state index in [-0.39, 0.29) is 17.5 Å². The largest absolute Gasteiger partial charge is 0.493 e. The third-order valence-electron chi connectivity index (χ3n) is 7.12. The van der Waals surface area contributed by atoms with Crippen molar-refractivity contribution in [1.82, 2.24) is 14.1 Å². The minimum absolute atomic E-state index is 0.00266. The monoisotopic (exact) mass is 572 g/mol.